The lowest BCUT2D eigenvalue weighted by Gasteiger charge is -2.33. The first-order chi connectivity index (χ1) is 12.9. The molecule has 1 aliphatic rings. The molecule has 0 saturated carbocycles. The van der Waals surface area contributed by atoms with E-state index >= 15 is 0 Å². The zero-order valence-electron chi connectivity index (χ0n) is 16.4. The number of hydrogen-bond acceptors (Lipinski definition) is 6. The lowest BCUT2D eigenvalue weighted by Crippen LogP contribution is -2.39. The summed E-state index contributed by atoms with van der Waals surface area (Å²) in [6.07, 6.45) is 2.53. The quantitative estimate of drug-likeness (QED) is 0.637. The molecule has 0 spiro atoms. The first-order valence-corrected chi connectivity index (χ1v) is 10.2. The molecule has 1 N–H and O–H groups in total. The van der Waals surface area contributed by atoms with Crippen molar-refractivity contribution in [2.45, 2.75) is 19.3 Å². The highest BCUT2D eigenvalue weighted by Gasteiger charge is 2.26. The van der Waals surface area contributed by atoms with Crippen molar-refractivity contribution in [1.29, 1.82) is 0 Å². The number of anilines is 1. The van der Waals surface area contributed by atoms with E-state index in [1.807, 2.05) is 30.0 Å². The van der Waals surface area contributed by atoms with Gasteiger partial charge in [0.2, 0.25) is 10.9 Å². The normalized spacial score (nSPS) is 15.1. The van der Waals surface area contributed by atoms with E-state index in [9.17, 15) is 13.2 Å². The molecule has 152 valence electrons. The summed E-state index contributed by atoms with van der Waals surface area (Å²) >= 11 is 0. The van der Waals surface area contributed by atoms with Crippen LogP contribution in [0.15, 0.2) is 12.1 Å². The number of thiol groups is 1. The van der Waals surface area contributed by atoms with E-state index < -0.39 is 10.9 Å². The molecule has 1 aromatic rings. The molecule has 0 atom stereocenters. The fourth-order valence-corrected chi connectivity index (χ4v) is 3.68. The Morgan fingerprint density at radius 1 is 1.19 bits per heavy atom. The number of ether oxygens (including phenoxy) is 2. The van der Waals surface area contributed by atoms with Crippen LogP contribution in [-0.4, -0.2) is 67.2 Å². The van der Waals surface area contributed by atoms with Crippen LogP contribution in [0.4, 0.5) is 5.69 Å². The molecule has 0 radical (unpaired) electrons. The molecule has 9 heteroatoms. The fraction of sp³-hybridized carbons (Fsp3) is 0.611. The van der Waals surface area contributed by atoms with Crippen LogP contribution < -0.4 is 19.1 Å². The van der Waals surface area contributed by atoms with Gasteiger partial charge in [-0.15, -0.1) is 0 Å². The number of nitrogens with one attached hydrogen (secondary N) is 1. The van der Waals surface area contributed by atoms with Gasteiger partial charge in [-0.2, -0.15) is 0 Å². The minimum Gasteiger partial charge on any atom is -0.493 e. The number of hydrogen-bond donors (Lipinski definition) is 2. The molecule has 0 aromatic heterocycles. The predicted octanol–water partition coefficient (Wildman–Crippen LogP) is 1.13. The summed E-state index contributed by atoms with van der Waals surface area (Å²) in [4.78, 5) is 16.9. The summed E-state index contributed by atoms with van der Waals surface area (Å²) in [6, 6.07) is 3.55. The molecule has 0 unspecified atom stereocenters. The fourth-order valence-electron chi connectivity index (χ4n) is 3.36. The van der Waals surface area contributed by atoms with Crippen molar-refractivity contribution in [1.82, 2.24) is 9.62 Å². The van der Waals surface area contributed by atoms with E-state index in [4.69, 9.17) is 9.47 Å². The van der Waals surface area contributed by atoms with Crippen molar-refractivity contribution in [3.05, 3.63) is 17.7 Å². The van der Waals surface area contributed by atoms with E-state index in [-0.39, 0.29) is 5.91 Å². The lowest BCUT2D eigenvalue weighted by molar-refractivity contribution is 0.0688. The van der Waals surface area contributed by atoms with Crippen LogP contribution in [0, 0.1) is 5.92 Å². The number of piperidine rings is 1. The van der Waals surface area contributed by atoms with Crippen LogP contribution in [-0.2, 0) is 10.9 Å². The van der Waals surface area contributed by atoms with Crippen LogP contribution >= 0.6 is 0 Å². The second-order valence-corrected chi connectivity index (χ2v) is 7.64. The number of likely N-dealkylation sites (tertiary alicyclic amines) is 1. The number of benzene rings is 1. The second kappa shape index (κ2) is 9.80. The van der Waals surface area contributed by atoms with Crippen molar-refractivity contribution in [2.75, 3.05) is 52.8 Å². The maximum absolute atomic E-state index is 13.1. The summed E-state index contributed by atoms with van der Waals surface area (Å²) < 4.78 is 34.3. The van der Waals surface area contributed by atoms with Gasteiger partial charge in [-0.1, -0.05) is 0 Å². The molecule has 1 aliphatic heterocycles. The third-order valence-electron chi connectivity index (χ3n) is 4.91. The molecule has 1 aromatic carbocycles. The van der Waals surface area contributed by atoms with Gasteiger partial charge in [0, 0.05) is 39.8 Å². The summed E-state index contributed by atoms with van der Waals surface area (Å²) in [5.41, 5.74) is 1.37. The third kappa shape index (κ3) is 5.49. The largest absolute Gasteiger partial charge is 0.493 e. The molecular weight excluding hydrogens is 370 g/mol. The number of rotatable bonds is 8. The Balaban J connectivity index is 2.09. The second-order valence-electron chi connectivity index (χ2n) is 6.81. The minimum absolute atomic E-state index is 0.0288. The summed E-state index contributed by atoms with van der Waals surface area (Å²) in [7, 11) is 4.36. The average molecular weight is 400 g/mol. The predicted molar refractivity (Wildman–Crippen MR) is 105 cm³/mol. The Kier molecular flexibility index (Phi) is 7.73. The number of carbonyl (C=O) groups is 1. The first-order valence-electron chi connectivity index (χ1n) is 8.97. The Hall–Kier alpha value is -2.00. The topological polar surface area (TPSA) is 88.2 Å². The molecule has 8 nitrogen and oxygen atoms in total. The molecule has 1 amide bonds. The smallest absolute Gasteiger partial charge is 0.256 e. The molecule has 2 rings (SSSR count). The van der Waals surface area contributed by atoms with Crippen LogP contribution in [0.25, 0.3) is 0 Å². The van der Waals surface area contributed by atoms with Crippen LogP contribution in [0.3, 0.4) is 0 Å². The van der Waals surface area contributed by atoms with Crippen molar-refractivity contribution in [3.63, 3.8) is 0 Å². The molecule has 27 heavy (non-hydrogen) atoms. The van der Waals surface area contributed by atoms with E-state index in [0.717, 1.165) is 24.9 Å². The van der Waals surface area contributed by atoms with Gasteiger partial charge >= 0.3 is 0 Å². The zero-order valence-corrected chi connectivity index (χ0v) is 17.3. The van der Waals surface area contributed by atoms with Gasteiger partial charge in [-0.25, -0.2) is 13.1 Å². The first kappa shape index (κ1) is 21.3. The van der Waals surface area contributed by atoms with Crippen molar-refractivity contribution < 1.29 is 22.7 Å². The van der Waals surface area contributed by atoms with Gasteiger partial charge in [0.05, 0.1) is 25.5 Å². The van der Waals surface area contributed by atoms with Gasteiger partial charge in [0.15, 0.2) is 11.5 Å². The number of amides is 1. The number of nitrogens with zero attached hydrogens (tertiary/aromatic N) is 2. The Morgan fingerprint density at radius 2 is 1.78 bits per heavy atom. The van der Waals surface area contributed by atoms with Crippen LogP contribution in [0.1, 0.15) is 29.6 Å². The lowest BCUT2D eigenvalue weighted by atomic mass is 9.93. The maximum Gasteiger partial charge on any atom is 0.256 e. The Labute approximate surface area is 162 Å². The Morgan fingerprint density at radius 3 is 2.30 bits per heavy atom. The average Bonchev–Trinajstić information content (AvgIpc) is 2.66. The molecule has 0 bridgehead atoms. The molecule has 0 aliphatic carbocycles. The van der Waals surface area contributed by atoms with Crippen LogP contribution in [0.5, 0.6) is 11.5 Å². The summed E-state index contributed by atoms with van der Waals surface area (Å²) in [6.45, 7) is 1.78. The van der Waals surface area contributed by atoms with Gasteiger partial charge in [-0.3, -0.25) is 4.79 Å². The van der Waals surface area contributed by atoms with E-state index in [2.05, 4.69) is 4.72 Å². The van der Waals surface area contributed by atoms with E-state index in [1.54, 1.807) is 20.3 Å². The molecule has 1 saturated heterocycles. The van der Waals surface area contributed by atoms with E-state index in [0.29, 0.717) is 42.6 Å². The Bertz CT molecular complexity index is 720. The van der Waals surface area contributed by atoms with Gasteiger partial charge in [-0.05, 0) is 31.2 Å². The summed E-state index contributed by atoms with van der Waals surface area (Å²) in [5, 5.41) is 0. The highest BCUT2D eigenvalue weighted by molar-refractivity contribution is 7.70. The minimum atomic E-state index is -2.54. The van der Waals surface area contributed by atoms with Crippen molar-refractivity contribution in [2.24, 2.45) is 5.92 Å². The monoisotopic (exact) mass is 399 g/mol. The standard InChI is InChI=1S/C18H29N3O5S/c1-20(2)15-12-17(26-4)16(25-3)11-14(15)18(22)21-9-6-13(7-10-21)5-8-19-27(23)24/h11-13,27H,5-10H2,1-4H3,(H,19,23,24). The molecular formula is C18H29N3O5S. The number of carbonyl (C=O) groups excluding carboxylic acids is 1. The van der Waals surface area contributed by atoms with E-state index in [1.165, 1.54) is 0 Å². The van der Waals surface area contributed by atoms with Gasteiger partial charge < -0.3 is 19.3 Å². The van der Waals surface area contributed by atoms with Gasteiger partial charge in [0.1, 0.15) is 0 Å². The van der Waals surface area contributed by atoms with Crippen LogP contribution in [0.2, 0.25) is 0 Å². The highest BCUT2D eigenvalue weighted by Crippen LogP contribution is 2.35. The third-order valence-corrected chi connectivity index (χ3v) is 5.39. The highest BCUT2D eigenvalue weighted by atomic mass is 32.2. The van der Waals surface area contributed by atoms with Crippen molar-refractivity contribution >= 4 is 22.5 Å². The SMILES string of the molecule is COc1cc(C(=O)N2CCC(CCN[SH](=O)=O)CC2)c(N(C)C)cc1OC. The van der Waals surface area contributed by atoms with Gasteiger partial charge in [0.25, 0.3) is 5.91 Å². The zero-order chi connectivity index (χ0) is 20.0. The maximum atomic E-state index is 13.1. The molecule has 1 heterocycles. The summed E-state index contributed by atoms with van der Waals surface area (Å²) in [5.74, 6) is 1.51. The van der Waals surface area contributed by atoms with Crippen molar-refractivity contribution in [3.8, 4) is 11.5 Å². The molecule has 1 fully saturated rings. The number of methoxy groups -OCH3 is 2.